The first-order valence-electron chi connectivity index (χ1n) is 11.1. The van der Waals surface area contributed by atoms with Gasteiger partial charge in [0.05, 0.1) is 10.6 Å². The molecule has 0 aliphatic rings. The van der Waals surface area contributed by atoms with Crippen LogP contribution in [0.25, 0.3) is 0 Å². The van der Waals surface area contributed by atoms with Crippen LogP contribution in [-0.2, 0) is 21.2 Å². The zero-order valence-electron chi connectivity index (χ0n) is 19.8. The monoisotopic (exact) mass is 464 g/mol. The molecular weight excluding hydrogens is 432 g/mol. The van der Waals surface area contributed by atoms with Gasteiger partial charge in [0, 0.05) is 6.54 Å². The summed E-state index contributed by atoms with van der Waals surface area (Å²) in [5, 5.41) is 2.88. The lowest BCUT2D eigenvalue weighted by molar-refractivity contribution is -0.119. The van der Waals surface area contributed by atoms with Gasteiger partial charge in [-0.05, 0) is 81.5 Å². The summed E-state index contributed by atoms with van der Waals surface area (Å²) in [6.07, 6.45) is 1.63. The molecule has 5 nitrogen and oxygen atoms in total. The Morgan fingerprint density at radius 2 is 1.33 bits per heavy atom. The Bertz CT molecular complexity index is 1180. The summed E-state index contributed by atoms with van der Waals surface area (Å²) < 4.78 is 28.2. The maximum Gasteiger partial charge on any atom is 0.264 e. The van der Waals surface area contributed by atoms with Gasteiger partial charge in [-0.1, -0.05) is 53.6 Å². The van der Waals surface area contributed by atoms with Gasteiger partial charge < -0.3 is 5.32 Å². The minimum Gasteiger partial charge on any atom is -0.355 e. The van der Waals surface area contributed by atoms with E-state index in [0.29, 0.717) is 12.2 Å². The van der Waals surface area contributed by atoms with Crippen molar-refractivity contribution < 1.29 is 13.2 Å². The topological polar surface area (TPSA) is 66.5 Å². The molecule has 0 radical (unpaired) electrons. The summed E-state index contributed by atoms with van der Waals surface area (Å²) in [4.78, 5) is 12.9. The second-order valence-electron chi connectivity index (χ2n) is 8.61. The molecule has 0 spiro atoms. The number of anilines is 1. The molecule has 0 unspecified atom stereocenters. The number of hydrogen-bond donors (Lipinski definition) is 1. The van der Waals surface area contributed by atoms with E-state index in [0.717, 1.165) is 29.5 Å². The van der Waals surface area contributed by atoms with Gasteiger partial charge in [0.15, 0.2) is 0 Å². The van der Waals surface area contributed by atoms with Crippen molar-refractivity contribution in [2.45, 2.75) is 45.4 Å². The highest BCUT2D eigenvalue weighted by Crippen LogP contribution is 2.26. The molecule has 0 saturated carbocycles. The van der Waals surface area contributed by atoms with Crippen molar-refractivity contribution >= 4 is 21.6 Å². The van der Waals surface area contributed by atoms with Crippen LogP contribution >= 0.6 is 0 Å². The van der Waals surface area contributed by atoms with Crippen LogP contribution in [0.5, 0.6) is 0 Å². The fraction of sp³-hybridized carbons (Fsp3) is 0.296. The van der Waals surface area contributed by atoms with Crippen LogP contribution in [0.3, 0.4) is 0 Å². The number of amides is 1. The fourth-order valence-corrected chi connectivity index (χ4v) is 5.11. The lowest BCUT2D eigenvalue weighted by Crippen LogP contribution is -2.41. The Balaban J connectivity index is 1.74. The van der Waals surface area contributed by atoms with Gasteiger partial charge in [-0.3, -0.25) is 9.10 Å². The Morgan fingerprint density at radius 1 is 0.788 bits per heavy atom. The Hall–Kier alpha value is -3.12. The molecule has 6 heteroatoms. The van der Waals surface area contributed by atoms with Crippen LogP contribution in [0, 0.1) is 27.7 Å². The molecule has 1 N–H and O–H groups in total. The number of benzene rings is 3. The van der Waals surface area contributed by atoms with Crippen LogP contribution < -0.4 is 9.62 Å². The SMILES string of the molecule is Cc1ccc(CCCNC(=O)CN(c2cc(C)cc(C)c2)S(=O)(=O)c2ccc(C)cc2)cc1. The molecule has 0 aromatic heterocycles. The van der Waals surface area contributed by atoms with E-state index in [1.54, 1.807) is 36.4 Å². The summed E-state index contributed by atoms with van der Waals surface area (Å²) in [6.45, 7) is 8.00. The molecule has 3 aromatic rings. The molecule has 0 saturated heterocycles. The number of carbonyl (C=O) groups excluding carboxylic acids is 1. The van der Waals surface area contributed by atoms with Gasteiger partial charge in [0.25, 0.3) is 10.0 Å². The second-order valence-corrected chi connectivity index (χ2v) is 10.5. The Labute approximate surface area is 197 Å². The van der Waals surface area contributed by atoms with Crippen LogP contribution in [0.15, 0.2) is 71.6 Å². The molecular formula is C27H32N2O3S. The third-order valence-electron chi connectivity index (χ3n) is 5.48. The quantitative estimate of drug-likeness (QED) is 0.460. The number of sulfonamides is 1. The van der Waals surface area contributed by atoms with Gasteiger partial charge >= 0.3 is 0 Å². The highest BCUT2D eigenvalue weighted by atomic mass is 32.2. The third kappa shape index (κ3) is 6.68. The minimum atomic E-state index is -3.90. The zero-order valence-corrected chi connectivity index (χ0v) is 20.6. The van der Waals surface area contributed by atoms with Crippen molar-refractivity contribution in [2.75, 3.05) is 17.4 Å². The predicted octanol–water partition coefficient (Wildman–Crippen LogP) is 4.86. The predicted molar refractivity (Wildman–Crippen MR) is 134 cm³/mol. The summed E-state index contributed by atoms with van der Waals surface area (Å²) >= 11 is 0. The highest BCUT2D eigenvalue weighted by molar-refractivity contribution is 7.92. The molecule has 0 aliphatic heterocycles. The van der Waals surface area contributed by atoms with Crippen LogP contribution in [-0.4, -0.2) is 27.4 Å². The number of nitrogens with zero attached hydrogens (tertiary/aromatic N) is 1. The molecule has 3 rings (SSSR count). The van der Waals surface area contributed by atoms with Crippen molar-refractivity contribution in [3.63, 3.8) is 0 Å². The number of hydrogen-bond acceptors (Lipinski definition) is 3. The standard InChI is InChI=1S/C27H32N2O3S/c1-20-7-11-24(12-8-20)6-5-15-28-27(30)19-29(25-17-22(3)16-23(4)18-25)33(31,32)26-13-9-21(2)10-14-26/h7-14,16-18H,5-6,15,19H2,1-4H3,(H,28,30). The molecule has 174 valence electrons. The van der Waals surface area contributed by atoms with E-state index >= 15 is 0 Å². The average molecular weight is 465 g/mol. The van der Waals surface area contributed by atoms with E-state index in [1.165, 1.54) is 15.4 Å². The average Bonchev–Trinajstić information content (AvgIpc) is 2.76. The second kappa shape index (κ2) is 10.7. The number of carbonyl (C=O) groups is 1. The molecule has 0 atom stereocenters. The van der Waals surface area contributed by atoms with E-state index in [9.17, 15) is 13.2 Å². The summed E-state index contributed by atoms with van der Waals surface area (Å²) in [5.41, 5.74) is 5.77. The highest BCUT2D eigenvalue weighted by Gasteiger charge is 2.27. The number of rotatable bonds is 9. The van der Waals surface area contributed by atoms with E-state index in [4.69, 9.17) is 0 Å². The van der Waals surface area contributed by atoms with Crippen molar-refractivity contribution in [3.05, 3.63) is 94.5 Å². The molecule has 3 aromatic carbocycles. The maximum absolute atomic E-state index is 13.5. The summed E-state index contributed by atoms with van der Waals surface area (Å²) in [5.74, 6) is -0.325. The van der Waals surface area contributed by atoms with Gasteiger partial charge in [-0.15, -0.1) is 0 Å². The van der Waals surface area contributed by atoms with Crippen molar-refractivity contribution in [2.24, 2.45) is 0 Å². The van der Waals surface area contributed by atoms with E-state index in [2.05, 4.69) is 36.5 Å². The number of aryl methyl sites for hydroxylation is 5. The van der Waals surface area contributed by atoms with Gasteiger partial charge in [-0.2, -0.15) is 0 Å². The van der Waals surface area contributed by atoms with Crippen molar-refractivity contribution in [1.82, 2.24) is 5.32 Å². The molecule has 0 bridgehead atoms. The minimum absolute atomic E-state index is 0.166. The number of nitrogens with one attached hydrogen (secondary N) is 1. The Kier molecular flexibility index (Phi) is 7.92. The lowest BCUT2D eigenvalue weighted by atomic mass is 10.1. The summed E-state index contributed by atoms with van der Waals surface area (Å²) in [7, 11) is -3.90. The van der Waals surface area contributed by atoms with Crippen LogP contribution in [0.1, 0.15) is 34.2 Å². The lowest BCUT2D eigenvalue weighted by Gasteiger charge is -2.25. The first-order chi connectivity index (χ1) is 15.6. The van der Waals surface area contributed by atoms with Crippen LogP contribution in [0.4, 0.5) is 5.69 Å². The van der Waals surface area contributed by atoms with E-state index in [-0.39, 0.29) is 17.3 Å². The van der Waals surface area contributed by atoms with Gasteiger partial charge in [0.2, 0.25) is 5.91 Å². The van der Waals surface area contributed by atoms with Crippen molar-refractivity contribution in [1.29, 1.82) is 0 Å². The molecule has 33 heavy (non-hydrogen) atoms. The van der Waals surface area contributed by atoms with E-state index in [1.807, 2.05) is 26.8 Å². The van der Waals surface area contributed by atoms with Gasteiger partial charge in [0.1, 0.15) is 6.54 Å². The van der Waals surface area contributed by atoms with E-state index < -0.39 is 10.0 Å². The fourth-order valence-electron chi connectivity index (χ4n) is 3.71. The first-order valence-corrected chi connectivity index (χ1v) is 12.6. The zero-order chi connectivity index (χ0) is 24.0. The normalized spacial score (nSPS) is 11.3. The summed E-state index contributed by atoms with van der Waals surface area (Å²) in [6, 6.07) is 20.6. The van der Waals surface area contributed by atoms with Gasteiger partial charge in [-0.25, -0.2) is 8.42 Å². The molecule has 0 aliphatic carbocycles. The molecule has 0 heterocycles. The largest absolute Gasteiger partial charge is 0.355 e. The molecule has 1 amide bonds. The van der Waals surface area contributed by atoms with Crippen LogP contribution in [0.2, 0.25) is 0 Å². The Morgan fingerprint density at radius 3 is 1.91 bits per heavy atom. The maximum atomic E-state index is 13.5. The van der Waals surface area contributed by atoms with Crippen molar-refractivity contribution in [3.8, 4) is 0 Å². The first kappa shape index (κ1) is 24.5. The smallest absolute Gasteiger partial charge is 0.264 e. The molecule has 0 fully saturated rings. The third-order valence-corrected chi connectivity index (χ3v) is 7.26.